The van der Waals surface area contributed by atoms with Crippen molar-refractivity contribution >= 4 is 5.57 Å². The van der Waals surface area contributed by atoms with Crippen LogP contribution >= 0.6 is 0 Å². The third-order valence-electron chi connectivity index (χ3n) is 3.08. The summed E-state index contributed by atoms with van der Waals surface area (Å²) < 4.78 is 0. The third kappa shape index (κ3) is 4.38. The van der Waals surface area contributed by atoms with Gasteiger partial charge in [0.1, 0.15) is 0 Å². The molecule has 0 fully saturated rings. The number of hydrogen-bond donors (Lipinski definition) is 0. The van der Waals surface area contributed by atoms with Gasteiger partial charge in [0.25, 0.3) is 0 Å². The lowest BCUT2D eigenvalue weighted by Gasteiger charge is -2.11. The van der Waals surface area contributed by atoms with Crippen molar-refractivity contribution in [3.8, 4) is 0 Å². The summed E-state index contributed by atoms with van der Waals surface area (Å²) in [5.41, 5.74) is 4.06. The largest absolute Gasteiger partial charge is 0.306 e. The molecule has 19 heavy (non-hydrogen) atoms. The highest BCUT2D eigenvalue weighted by molar-refractivity contribution is 5.67. The fraction of sp³-hybridized carbons (Fsp3) is 0.222. The maximum Gasteiger partial charge on any atom is 0.0163 e. The lowest BCUT2D eigenvalue weighted by Crippen LogP contribution is -2.11. The molecule has 0 aliphatic rings. The fourth-order valence-electron chi connectivity index (χ4n) is 2.05. The molecule has 0 unspecified atom stereocenters. The molecule has 0 aromatic heterocycles. The Hall–Kier alpha value is -1.86. The Morgan fingerprint density at radius 2 is 1.47 bits per heavy atom. The van der Waals surface area contributed by atoms with Gasteiger partial charge in [0.15, 0.2) is 0 Å². The first kappa shape index (κ1) is 13.6. The second kappa shape index (κ2) is 6.91. The zero-order valence-corrected chi connectivity index (χ0v) is 11.7. The van der Waals surface area contributed by atoms with E-state index in [9.17, 15) is 0 Å². The minimum Gasteiger partial charge on any atom is -0.306 e. The van der Waals surface area contributed by atoms with E-state index >= 15 is 0 Å². The summed E-state index contributed by atoms with van der Waals surface area (Å²) in [5.74, 6) is 0. The van der Waals surface area contributed by atoms with Crippen LogP contribution in [-0.2, 0) is 6.42 Å². The zero-order chi connectivity index (χ0) is 13.5. The smallest absolute Gasteiger partial charge is 0.0163 e. The summed E-state index contributed by atoms with van der Waals surface area (Å²) in [7, 11) is 4.20. The number of hydrogen-bond acceptors (Lipinski definition) is 1. The monoisotopic (exact) mass is 251 g/mol. The molecule has 2 aromatic rings. The second-order valence-corrected chi connectivity index (χ2v) is 5.02. The highest BCUT2D eigenvalue weighted by Gasteiger charge is 2.02. The fourth-order valence-corrected chi connectivity index (χ4v) is 2.05. The zero-order valence-electron chi connectivity index (χ0n) is 11.7. The first-order valence-corrected chi connectivity index (χ1v) is 6.69. The Morgan fingerprint density at radius 1 is 0.895 bits per heavy atom. The lowest BCUT2D eigenvalue weighted by atomic mass is 9.98. The van der Waals surface area contributed by atoms with Crippen molar-refractivity contribution in [2.45, 2.75) is 6.42 Å². The van der Waals surface area contributed by atoms with Crippen LogP contribution in [0.15, 0.2) is 66.7 Å². The first-order chi connectivity index (χ1) is 9.25. The molecule has 0 N–H and O–H groups in total. The Labute approximate surface area is 116 Å². The van der Waals surface area contributed by atoms with Crippen LogP contribution < -0.4 is 0 Å². The predicted molar refractivity (Wildman–Crippen MR) is 83.1 cm³/mol. The van der Waals surface area contributed by atoms with Crippen LogP contribution in [0.25, 0.3) is 5.57 Å². The average Bonchev–Trinajstić information content (AvgIpc) is 2.45. The molecular weight excluding hydrogens is 230 g/mol. The maximum absolute atomic E-state index is 2.32. The van der Waals surface area contributed by atoms with E-state index in [0.717, 1.165) is 13.0 Å². The molecule has 1 nitrogen and oxygen atoms in total. The predicted octanol–water partition coefficient (Wildman–Crippen LogP) is 3.87. The summed E-state index contributed by atoms with van der Waals surface area (Å²) >= 11 is 0. The molecule has 2 rings (SSSR count). The van der Waals surface area contributed by atoms with Gasteiger partial charge in [-0.2, -0.15) is 0 Å². The van der Waals surface area contributed by atoms with Crippen LogP contribution in [0.1, 0.15) is 11.1 Å². The van der Waals surface area contributed by atoms with Crippen molar-refractivity contribution in [3.05, 3.63) is 77.9 Å². The van der Waals surface area contributed by atoms with E-state index in [1.807, 2.05) is 0 Å². The third-order valence-corrected chi connectivity index (χ3v) is 3.08. The Bertz CT molecular complexity index is 512. The van der Waals surface area contributed by atoms with Gasteiger partial charge in [-0.05, 0) is 37.2 Å². The molecule has 0 bridgehead atoms. The molecule has 0 spiro atoms. The lowest BCUT2D eigenvalue weighted by molar-refractivity contribution is 0.456. The summed E-state index contributed by atoms with van der Waals surface area (Å²) in [5, 5.41) is 0. The molecule has 0 saturated heterocycles. The normalized spacial score (nSPS) is 11.8. The summed E-state index contributed by atoms with van der Waals surface area (Å²) in [6.07, 6.45) is 3.31. The number of rotatable bonds is 5. The number of allylic oxidation sites excluding steroid dienone is 1. The van der Waals surface area contributed by atoms with Crippen molar-refractivity contribution < 1.29 is 0 Å². The molecule has 0 radical (unpaired) electrons. The van der Waals surface area contributed by atoms with Crippen LogP contribution in [0.2, 0.25) is 0 Å². The number of nitrogens with zero attached hydrogens (tertiary/aromatic N) is 1. The van der Waals surface area contributed by atoms with Gasteiger partial charge in [-0.15, -0.1) is 0 Å². The molecule has 98 valence electrons. The minimum atomic E-state index is 0.969. The molecule has 0 saturated carbocycles. The van der Waals surface area contributed by atoms with Gasteiger partial charge in [0.2, 0.25) is 0 Å². The quantitative estimate of drug-likeness (QED) is 0.779. The Kier molecular flexibility index (Phi) is 4.93. The molecule has 0 aliphatic heterocycles. The maximum atomic E-state index is 2.32. The van der Waals surface area contributed by atoms with Crippen molar-refractivity contribution in [2.24, 2.45) is 0 Å². The summed E-state index contributed by atoms with van der Waals surface area (Å²) in [6.45, 7) is 0.969. The Morgan fingerprint density at radius 3 is 2.05 bits per heavy atom. The van der Waals surface area contributed by atoms with Gasteiger partial charge >= 0.3 is 0 Å². The van der Waals surface area contributed by atoms with Crippen molar-refractivity contribution in [1.82, 2.24) is 4.90 Å². The van der Waals surface area contributed by atoms with Crippen LogP contribution in [0.3, 0.4) is 0 Å². The number of benzene rings is 2. The highest BCUT2D eigenvalue weighted by Crippen LogP contribution is 2.19. The molecule has 2 aromatic carbocycles. The van der Waals surface area contributed by atoms with Crippen LogP contribution in [0.5, 0.6) is 0 Å². The molecule has 0 amide bonds. The van der Waals surface area contributed by atoms with Gasteiger partial charge in [0, 0.05) is 6.54 Å². The van der Waals surface area contributed by atoms with Gasteiger partial charge in [-0.1, -0.05) is 66.7 Å². The van der Waals surface area contributed by atoms with E-state index in [0.29, 0.717) is 0 Å². The molecule has 1 heteroatoms. The highest BCUT2D eigenvalue weighted by atomic mass is 15.0. The molecule has 0 atom stereocenters. The van der Waals surface area contributed by atoms with E-state index < -0.39 is 0 Å². The van der Waals surface area contributed by atoms with Gasteiger partial charge in [-0.25, -0.2) is 0 Å². The minimum absolute atomic E-state index is 0.969. The Balaban J connectivity index is 2.22. The van der Waals surface area contributed by atoms with E-state index in [1.54, 1.807) is 0 Å². The van der Waals surface area contributed by atoms with E-state index in [4.69, 9.17) is 0 Å². The van der Waals surface area contributed by atoms with Crippen LogP contribution in [-0.4, -0.2) is 25.5 Å². The standard InChI is InChI=1S/C18H21N/c1-19(2)14-13-18(17-11-7-4-8-12-17)15-16-9-5-3-6-10-16/h3-13H,14-15H2,1-2H3/b18-13-. The average molecular weight is 251 g/mol. The first-order valence-electron chi connectivity index (χ1n) is 6.69. The van der Waals surface area contributed by atoms with Crippen molar-refractivity contribution in [1.29, 1.82) is 0 Å². The topological polar surface area (TPSA) is 3.24 Å². The second-order valence-electron chi connectivity index (χ2n) is 5.02. The van der Waals surface area contributed by atoms with Gasteiger partial charge < -0.3 is 4.90 Å². The van der Waals surface area contributed by atoms with Gasteiger partial charge in [0.05, 0.1) is 0 Å². The SMILES string of the molecule is CN(C)C/C=C(/Cc1ccccc1)c1ccccc1. The van der Waals surface area contributed by atoms with Crippen molar-refractivity contribution in [2.75, 3.05) is 20.6 Å². The molecule has 0 heterocycles. The summed E-state index contributed by atoms with van der Waals surface area (Å²) in [6, 6.07) is 21.3. The van der Waals surface area contributed by atoms with Crippen LogP contribution in [0, 0.1) is 0 Å². The van der Waals surface area contributed by atoms with E-state index in [2.05, 4.69) is 85.7 Å². The number of likely N-dealkylation sites (N-methyl/N-ethyl adjacent to an activating group) is 1. The van der Waals surface area contributed by atoms with Crippen molar-refractivity contribution in [3.63, 3.8) is 0 Å². The summed E-state index contributed by atoms with van der Waals surface area (Å²) in [4.78, 5) is 2.19. The van der Waals surface area contributed by atoms with Crippen LogP contribution in [0.4, 0.5) is 0 Å². The van der Waals surface area contributed by atoms with Gasteiger partial charge in [-0.3, -0.25) is 0 Å². The molecule has 0 aliphatic carbocycles. The van der Waals surface area contributed by atoms with E-state index in [-0.39, 0.29) is 0 Å². The molecular formula is C18H21N. The van der Waals surface area contributed by atoms with E-state index in [1.165, 1.54) is 16.7 Å².